The van der Waals surface area contributed by atoms with Gasteiger partial charge in [-0.1, -0.05) is 27.7 Å². The number of likely N-dealkylation sites (tertiary alicyclic amines) is 1. The SMILES string of the molecule is CC1CN(C)CCC1N(C)C(=O)NC(CC(C)(C)C)C(F)(F)F. The Balaban J connectivity index is 2.74. The molecule has 1 heterocycles. The molecule has 0 bridgehead atoms. The van der Waals surface area contributed by atoms with Crippen LogP contribution in [0.4, 0.5) is 18.0 Å². The zero-order chi connectivity index (χ0) is 18.0. The Hall–Kier alpha value is -0.980. The summed E-state index contributed by atoms with van der Waals surface area (Å²) >= 11 is 0. The van der Waals surface area contributed by atoms with Crippen molar-refractivity contribution in [2.24, 2.45) is 11.3 Å². The van der Waals surface area contributed by atoms with Crippen LogP contribution in [0.5, 0.6) is 0 Å². The number of carbonyl (C=O) groups excluding carboxylic acids is 1. The highest BCUT2D eigenvalue weighted by Crippen LogP contribution is 2.31. The van der Waals surface area contributed by atoms with Crippen LogP contribution < -0.4 is 5.32 Å². The lowest BCUT2D eigenvalue weighted by molar-refractivity contribution is -0.159. The van der Waals surface area contributed by atoms with Gasteiger partial charge in [0.1, 0.15) is 6.04 Å². The standard InChI is InChI=1S/C16H30F3N3O/c1-11-10-21(5)8-7-12(11)22(6)14(23)20-13(16(17,18)19)9-15(2,3)4/h11-13H,7-10H2,1-6H3,(H,20,23). The van der Waals surface area contributed by atoms with E-state index in [4.69, 9.17) is 0 Å². The van der Waals surface area contributed by atoms with Crippen LogP contribution in [0.15, 0.2) is 0 Å². The molecule has 4 nitrogen and oxygen atoms in total. The maximum Gasteiger partial charge on any atom is 0.408 e. The number of halogens is 3. The van der Waals surface area contributed by atoms with Crippen molar-refractivity contribution in [3.63, 3.8) is 0 Å². The monoisotopic (exact) mass is 337 g/mol. The Morgan fingerprint density at radius 1 is 1.35 bits per heavy atom. The van der Waals surface area contributed by atoms with Crippen molar-refractivity contribution in [2.75, 3.05) is 27.2 Å². The Morgan fingerprint density at radius 3 is 2.35 bits per heavy atom. The molecule has 0 saturated carbocycles. The molecule has 1 rings (SSSR count). The topological polar surface area (TPSA) is 35.6 Å². The number of carbonyl (C=O) groups is 1. The zero-order valence-corrected chi connectivity index (χ0v) is 15.0. The first kappa shape index (κ1) is 20.1. The highest BCUT2D eigenvalue weighted by Gasteiger charge is 2.43. The Labute approximate surface area is 137 Å². The van der Waals surface area contributed by atoms with Gasteiger partial charge in [0.15, 0.2) is 0 Å². The van der Waals surface area contributed by atoms with Gasteiger partial charge in [-0.15, -0.1) is 0 Å². The molecular formula is C16H30F3N3O. The fourth-order valence-electron chi connectivity index (χ4n) is 3.18. The number of urea groups is 1. The van der Waals surface area contributed by atoms with Gasteiger partial charge in [-0.05, 0) is 37.8 Å². The molecule has 1 N–H and O–H groups in total. The lowest BCUT2D eigenvalue weighted by atomic mass is 9.88. The van der Waals surface area contributed by atoms with Gasteiger partial charge < -0.3 is 15.1 Å². The van der Waals surface area contributed by atoms with Crippen molar-refractivity contribution in [2.45, 2.75) is 58.8 Å². The van der Waals surface area contributed by atoms with E-state index in [1.54, 1.807) is 27.8 Å². The van der Waals surface area contributed by atoms with Crippen LogP contribution in [0.1, 0.15) is 40.5 Å². The minimum Gasteiger partial charge on any atom is -0.326 e. The first-order chi connectivity index (χ1) is 10.3. The van der Waals surface area contributed by atoms with E-state index in [9.17, 15) is 18.0 Å². The third-order valence-corrected chi connectivity index (χ3v) is 4.39. The molecule has 0 aromatic carbocycles. The van der Waals surface area contributed by atoms with Crippen LogP contribution in [0.25, 0.3) is 0 Å². The molecule has 0 spiro atoms. The Kier molecular flexibility index (Phi) is 6.35. The number of nitrogens with zero attached hydrogens (tertiary/aromatic N) is 2. The lowest BCUT2D eigenvalue weighted by Crippen LogP contribution is -2.56. The summed E-state index contributed by atoms with van der Waals surface area (Å²) in [6.07, 6.45) is -3.81. The first-order valence-electron chi connectivity index (χ1n) is 8.10. The fourth-order valence-corrected chi connectivity index (χ4v) is 3.18. The molecule has 3 unspecified atom stereocenters. The van der Waals surface area contributed by atoms with Crippen LogP contribution in [0, 0.1) is 11.3 Å². The van der Waals surface area contributed by atoms with Gasteiger partial charge in [0.25, 0.3) is 0 Å². The van der Waals surface area contributed by atoms with Crippen molar-refractivity contribution >= 4 is 6.03 Å². The molecule has 1 aliphatic heterocycles. The molecule has 23 heavy (non-hydrogen) atoms. The second-order valence-corrected chi connectivity index (χ2v) is 8.01. The second kappa shape index (κ2) is 7.28. The number of hydrogen-bond acceptors (Lipinski definition) is 2. The molecule has 1 aliphatic rings. The molecule has 3 atom stereocenters. The molecule has 1 fully saturated rings. The fraction of sp³-hybridized carbons (Fsp3) is 0.938. The van der Waals surface area contributed by atoms with Gasteiger partial charge in [0.2, 0.25) is 0 Å². The van der Waals surface area contributed by atoms with E-state index in [1.165, 1.54) is 4.90 Å². The lowest BCUT2D eigenvalue weighted by Gasteiger charge is -2.40. The summed E-state index contributed by atoms with van der Waals surface area (Å²) in [7, 11) is 3.60. The maximum absolute atomic E-state index is 13.2. The number of rotatable bonds is 3. The first-order valence-corrected chi connectivity index (χ1v) is 8.10. The van der Waals surface area contributed by atoms with Gasteiger partial charge in [-0.25, -0.2) is 4.79 Å². The predicted octanol–water partition coefficient (Wildman–Crippen LogP) is 3.34. The largest absolute Gasteiger partial charge is 0.408 e. The molecule has 0 aromatic rings. The van der Waals surface area contributed by atoms with Crippen LogP contribution in [-0.2, 0) is 0 Å². The Morgan fingerprint density at radius 2 is 1.91 bits per heavy atom. The van der Waals surface area contributed by atoms with Crippen molar-refractivity contribution in [3.8, 4) is 0 Å². The van der Waals surface area contributed by atoms with E-state index in [-0.39, 0.29) is 18.4 Å². The van der Waals surface area contributed by atoms with E-state index >= 15 is 0 Å². The molecule has 2 amide bonds. The second-order valence-electron chi connectivity index (χ2n) is 8.01. The van der Waals surface area contributed by atoms with Gasteiger partial charge in [0, 0.05) is 19.6 Å². The summed E-state index contributed by atoms with van der Waals surface area (Å²) in [5.41, 5.74) is -0.521. The minimum atomic E-state index is -4.44. The number of hydrogen-bond donors (Lipinski definition) is 1. The van der Waals surface area contributed by atoms with Gasteiger partial charge >= 0.3 is 12.2 Å². The summed E-state index contributed by atoms with van der Waals surface area (Å²) in [5, 5.41) is 2.19. The van der Waals surface area contributed by atoms with E-state index in [1.807, 2.05) is 14.0 Å². The van der Waals surface area contributed by atoms with Crippen molar-refractivity contribution in [3.05, 3.63) is 0 Å². The molecule has 7 heteroatoms. The molecule has 1 saturated heterocycles. The van der Waals surface area contributed by atoms with Crippen molar-refractivity contribution in [1.29, 1.82) is 0 Å². The summed E-state index contributed by atoms with van der Waals surface area (Å²) in [6, 6.07) is -2.49. The smallest absolute Gasteiger partial charge is 0.326 e. The average molecular weight is 337 g/mol. The average Bonchev–Trinajstić information content (AvgIpc) is 2.34. The van der Waals surface area contributed by atoms with E-state index < -0.39 is 23.7 Å². The number of piperidine rings is 1. The Bertz CT molecular complexity index is 406. The van der Waals surface area contributed by atoms with E-state index in [0.717, 1.165) is 19.5 Å². The quantitative estimate of drug-likeness (QED) is 0.857. The third-order valence-electron chi connectivity index (χ3n) is 4.39. The maximum atomic E-state index is 13.2. The minimum absolute atomic E-state index is 0.0327. The van der Waals surface area contributed by atoms with E-state index in [0.29, 0.717) is 0 Å². The summed E-state index contributed by atoms with van der Waals surface area (Å²) in [4.78, 5) is 15.9. The van der Waals surface area contributed by atoms with Crippen LogP contribution in [0.2, 0.25) is 0 Å². The summed E-state index contributed by atoms with van der Waals surface area (Å²) < 4.78 is 39.6. The number of nitrogens with one attached hydrogen (secondary N) is 1. The highest BCUT2D eigenvalue weighted by atomic mass is 19.4. The molecule has 0 aliphatic carbocycles. The number of alkyl halides is 3. The van der Waals surface area contributed by atoms with Crippen LogP contribution >= 0.6 is 0 Å². The zero-order valence-electron chi connectivity index (χ0n) is 15.0. The van der Waals surface area contributed by atoms with Gasteiger partial charge in [0.05, 0.1) is 0 Å². The molecular weight excluding hydrogens is 307 g/mol. The van der Waals surface area contributed by atoms with Crippen LogP contribution in [-0.4, -0.2) is 61.3 Å². The normalized spacial score (nSPS) is 25.1. The highest BCUT2D eigenvalue weighted by molar-refractivity contribution is 5.74. The van der Waals surface area contributed by atoms with Gasteiger partial charge in [-0.2, -0.15) is 13.2 Å². The van der Waals surface area contributed by atoms with E-state index in [2.05, 4.69) is 10.2 Å². The van der Waals surface area contributed by atoms with Crippen molar-refractivity contribution < 1.29 is 18.0 Å². The van der Waals surface area contributed by atoms with Gasteiger partial charge in [-0.3, -0.25) is 0 Å². The summed E-state index contributed by atoms with van der Waals surface area (Å²) in [6.45, 7) is 8.92. The predicted molar refractivity (Wildman–Crippen MR) is 85.3 cm³/mol. The van der Waals surface area contributed by atoms with Crippen LogP contribution in [0.3, 0.4) is 0 Å². The third kappa shape index (κ3) is 6.20. The summed E-state index contributed by atoms with van der Waals surface area (Å²) in [5.74, 6) is 0.233. The van der Waals surface area contributed by atoms with Crippen molar-refractivity contribution in [1.82, 2.24) is 15.1 Å². The molecule has 0 radical (unpaired) electrons. The number of amides is 2. The molecule has 0 aromatic heterocycles. The molecule has 136 valence electrons.